The number of carbonyl (C=O) groups excluding carboxylic acids is 1. The van der Waals surface area contributed by atoms with Crippen LogP contribution in [-0.2, 0) is 4.79 Å². The van der Waals surface area contributed by atoms with Crippen molar-refractivity contribution >= 4 is 5.91 Å². The summed E-state index contributed by atoms with van der Waals surface area (Å²) in [5.74, 6) is 3.29. The largest absolute Gasteiger partial charge is 0.368 e. The molecule has 0 radical (unpaired) electrons. The Hall–Kier alpha value is -0.650. The fourth-order valence-electron chi connectivity index (χ4n) is 1.09. The van der Waals surface area contributed by atoms with Gasteiger partial charge in [0.05, 0.1) is 6.04 Å². The Morgan fingerprint density at radius 2 is 2.09 bits per heavy atom. The van der Waals surface area contributed by atoms with E-state index in [9.17, 15) is 4.79 Å². The number of nitrogens with one attached hydrogen (secondary N) is 1. The lowest BCUT2D eigenvalue weighted by Gasteiger charge is -2.19. The van der Waals surface area contributed by atoms with E-state index < -0.39 is 0 Å². The molecule has 1 atom stereocenters. The van der Waals surface area contributed by atoms with Crippen molar-refractivity contribution in [1.82, 2.24) is 5.32 Å². The summed E-state index contributed by atoms with van der Waals surface area (Å²) in [5, 5.41) is 9.54. The third-order valence-corrected chi connectivity index (χ3v) is 1.65. The molecule has 5 heteroatoms. The van der Waals surface area contributed by atoms with Crippen molar-refractivity contribution in [2.45, 2.75) is 25.3 Å². The number of piperidine rings is 1. The molecule has 0 aliphatic carbocycles. The normalized spacial score (nSPS) is 23.3. The molecule has 1 aliphatic rings. The molecule has 0 spiro atoms. The van der Waals surface area contributed by atoms with Crippen molar-refractivity contribution in [3.63, 3.8) is 0 Å². The van der Waals surface area contributed by atoms with Gasteiger partial charge in [0.2, 0.25) is 5.91 Å². The molecule has 0 aromatic carbocycles. The Bertz CT molecular complexity index is 112. The zero-order valence-corrected chi connectivity index (χ0v) is 6.42. The van der Waals surface area contributed by atoms with Gasteiger partial charge in [0.25, 0.3) is 0 Å². The predicted octanol–water partition coefficient (Wildman–Crippen LogP) is -1.05. The first-order chi connectivity index (χ1) is 5.30. The number of nitrogens with two attached hydrogens (primary N) is 2. The molecular weight excluding hydrogens is 146 g/mol. The molecule has 0 bridgehead atoms. The second kappa shape index (κ2) is 6.09. The minimum atomic E-state index is -0.213. The Kier molecular flexibility index (Phi) is 5.73. The van der Waals surface area contributed by atoms with E-state index >= 15 is 0 Å². The minimum absolute atomic E-state index is 0.0567. The standard InChI is InChI=1S/C6H12N2O.H3NO/c7-6(9)5-3-1-2-4-8-5;1-2/h5,8H,1-4H2,(H2,7,9);2H,1H2/t5-;/m0./s1. The lowest BCUT2D eigenvalue weighted by molar-refractivity contribution is -0.120. The highest BCUT2D eigenvalue weighted by molar-refractivity contribution is 5.79. The smallest absolute Gasteiger partial charge is 0.234 e. The summed E-state index contributed by atoms with van der Waals surface area (Å²) in [6, 6.07) is -0.0567. The molecule has 0 aromatic heterocycles. The van der Waals surface area contributed by atoms with Gasteiger partial charge in [-0.3, -0.25) is 4.79 Å². The van der Waals surface area contributed by atoms with E-state index in [0.29, 0.717) is 0 Å². The fraction of sp³-hybridized carbons (Fsp3) is 0.833. The number of rotatable bonds is 1. The monoisotopic (exact) mass is 161 g/mol. The van der Waals surface area contributed by atoms with Gasteiger partial charge in [0.15, 0.2) is 0 Å². The van der Waals surface area contributed by atoms with Crippen LogP contribution in [0, 0.1) is 0 Å². The predicted molar refractivity (Wildman–Crippen MR) is 40.8 cm³/mol. The van der Waals surface area contributed by atoms with Crippen LogP contribution < -0.4 is 16.9 Å². The van der Waals surface area contributed by atoms with Gasteiger partial charge in [-0.2, -0.15) is 0 Å². The lowest BCUT2D eigenvalue weighted by Crippen LogP contribution is -2.44. The first kappa shape index (κ1) is 10.3. The first-order valence-corrected chi connectivity index (χ1v) is 3.59. The van der Waals surface area contributed by atoms with Crippen LogP contribution >= 0.6 is 0 Å². The average Bonchev–Trinajstić information content (AvgIpc) is 2.10. The average molecular weight is 161 g/mol. The second-order valence-electron chi connectivity index (χ2n) is 2.40. The summed E-state index contributed by atoms with van der Waals surface area (Å²) < 4.78 is 0. The molecule has 11 heavy (non-hydrogen) atoms. The fourth-order valence-corrected chi connectivity index (χ4v) is 1.09. The Morgan fingerprint density at radius 3 is 2.36 bits per heavy atom. The van der Waals surface area contributed by atoms with Crippen LogP contribution in [-0.4, -0.2) is 23.7 Å². The summed E-state index contributed by atoms with van der Waals surface area (Å²) in [7, 11) is 0. The van der Waals surface area contributed by atoms with Crippen molar-refractivity contribution in [1.29, 1.82) is 0 Å². The van der Waals surface area contributed by atoms with E-state index in [1.165, 1.54) is 6.42 Å². The SMILES string of the molecule is NC(=O)[C@@H]1CCCCN1.NO. The van der Waals surface area contributed by atoms with Crippen molar-refractivity contribution in [2.24, 2.45) is 11.6 Å². The maximum Gasteiger partial charge on any atom is 0.234 e. The van der Waals surface area contributed by atoms with E-state index in [0.717, 1.165) is 19.4 Å². The highest BCUT2D eigenvalue weighted by Gasteiger charge is 2.16. The molecular formula is C6H15N3O2. The van der Waals surface area contributed by atoms with Crippen LogP contribution in [0.3, 0.4) is 0 Å². The quantitative estimate of drug-likeness (QED) is 0.368. The van der Waals surface area contributed by atoms with Crippen LogP contribution in [0.15, 0.2) is 0 Å². The van der Waals surface area contributed by atoms with Gasteiger partial charge in [0, 0.05) is 0 Å². The van der Waals surface area contributed by atoms with E-state index in [4.69, 9.17) is 10.9 Å². The minimum Gasteiger partial charge on any atom is -0.368 e. The summed E-state index contributed by atoms with van der Waals surface area (Å²) in [4.78, 5) is 10.5. The van der Waals surface area contributed by atoms with Crippen molar-refractivity contribution in [3.8, 4) is 0 Å². The lowest BCUT2D eigenvalue weighted by atomic mass is 10.1. The Morgan fingerprint density at radius 1 is 1.45 bits per heavy atom. The summed E-state index contributed by atoms with van der Waals surface area (Å²) in [6.45, 7) is 0.938. The van der Waals surface area contributed by atoms with Crippen LogP contribution in [0.1, 0.15) is 19.3 Å². The topological polar surface area (TPSA) is 101 Å². The molecule has 66 valence electrons. The molecule has 1 saturated heterocycles. The van der Waals surface area contributed by atoms with Gasteiger partial charge in [-0.15, -0.1) is 0 Å². The van der Waals surface area contributed by atoms with Gasteiger partial charge < -0.3 is 16.3 Å². The maximum atomic E-state index is 10.5. The number of hydrogen-bond donors (Lipinski definition) is 4. The van der Waals surface area contributed by atoms with Gasteiger partial charge >= 0.3 is 0 Å². The van der Waals surface area contributed by atoms with Gasteiger partial charge in [-0.25, -0.2) is 5.90 Å². The third-order valence-electron chi connectivity index (χ3n) is 1.65. The molecule has 0 unspecified atom stereocenters. The highest BCUT2D eigenvalue weighted by Crippen LogP contribution is 2.05. The summed E-state index contributed by atoms with van der Waals surface area (Å²) in [5.41, 5.74) is 5.07. The summed E-state index contributed by atoms with van der Waals surface area (Å²) in [6.07, 6.45) is 3.21. The van der Waals surface area contributed by atoms with Gasteiger partial charge in [0.1, 0.15) is 0 Å². The maximum absolute atomic E-state index is 10.5. The number of hydrogen-bond acceptors (Lipinski definition) is 4. The molecule has 1 rings (SSSR count). The van der Waals surface area contributed by atoms with Crippen LogP contribution in [0.4, 0.5) is 0 Å². The van der Waals surface area contributed by atoms with Gasteiger partial charge in [-0.1, -0.05) is 6.42 Å². The molecule has 1 aliphatic heterocycles. The van der Waals surface area contributed by atoms with Crippen molar-refractivity contribution < 1.29 is 10.0 Å². The van der Waals surface area contributed by atoms with Gasteiger partial charge in [-0.05, 0) is 19.4 Å². The molecule has 5 nitrogen and oxygen atoms in total. The molecule has 0 aromatic rings. The van der Waals surface area contributed by atoms with Crippen molar-refractivity contribution in [2.75, 3.05) is 6.54 Å². The van der Waals surface area contributed by atoms with E-state index in [1.807, 2.05) is 0 Å². The highest BCUT2D eigenvalue weighted by atomic mass is 16.4. The number of carbonyl (C=O) groups is 1. The molecule has 1 fully saturated rings. The Balaban J connectivity index is 0.000000461. The zero-order chi connectivity index (χ0) is 8.69. The zero-order valence-electron chi connectivity index (χ0n) is 6.42. The first-order valence-electron chi connectivity index (χ1n) is 3.59. The van der Waals surface area contributed by atoms with Crippen molar-refractivity contribution in [3.05, 3.63) is 0 Å². The second-order valence-corrected chi connectivity index (χ2v) is 2.40. The van der Waals surface area contributed by atoms with E-state index in [2.05, 4.69) is 11.2 Å². The third kappa shape index (κ3) is 3.92. The number of primary amides is 1. The van der Waals surface area contributed by atoms with E-state index in [1.54, 1.807) is 0 Å². The molecule has 6 N–H and O–H groups in total. The van der Waals surface area contributed by atoms with E-state index in [-0.39, 0.29) is 11.9 Å². The Labute approximate surface area is 65.7 Å². The number of amides is 1. The molecule has 1 amide bonds. The van der Waals surface area contributed by atoms with Crippen LogP contribution in [0.25, 0.3) is 0 Å². The molecule has 0 saturated carbocycles. The summed E-state index contributed by atoms with van der Waals surface area (Å²) >= 11 is 0. The molecule has 1 heterocycles. The van der Waals surface area contributed by atoms with Crippen LogP contribution in [0.2, 0.25) is 0 Å². The van der Waals surface area contributed by atoms with Crippen LogP contribution in [0.5, 0.6) is 0 Å².